The van der Waals surface area contributed by atoms with E-state index in [-0.39, 0.29) is 12.6 Å². The first-order valence-corrected chi connectivity index (χ1v) is 7.41. The van der Waals surface area contributed by atoms with Crippen LogP contribution in [-0.4, -0.2) is 30.8 Å². The van der Waals surface area contributed by atoms with Gasteiger partial charge in [-0.1, -0.05) is 19.3 Å². The van der Waals surface area contributed by atoms with Gasteiger partial charge in [0.25, 0.3) is 0 Å². The van der Waals surface area contributed by atoms with E-state index in [1.165, 1.54) is 32.1 Å². The molecule has 1 fully saturated rings. The van der Waals surface area contributed by atoms with Crippen LogP contribution in [0, 0.1) is 5.92 Å². The van der Waals surface area contributed by atoms with Gasteiger partial charge in [-0.2, -0.15) is 0 Å². The zero-order chi connectivity index (χ0) is 14.2. The highest BCUT2D eigenvalue weighted by molar-refractivity contribution is 5.89. The average molecular weight is 277 g/mol. The van der Waals surface area contributed by atoms with Crippen molar-refractivity contribution >= 4 is 11.7 Å². The van der Waals surface area contributed by atoms with Crippen LogP contribution in [-0.2, 0) is 4.74 Å². The Bertz CT molecular complexity index is 410. The highest BCUT2D eigenvalue weighted by atomic mass is 16.5. The smallest absolute Gasteiger partial charge is 0.338 e. The van der Waals surface area contributed by atoms with Crippen molar-refractivity contribution in [3.8, 4) is 0 Å². The zero-order valence-electron chi connectivity index (χ0n) is 11.8. The van der Waals surface area contributed by atoms with E-state index in [0.29, 0.717) is 24.6 Å². The van der Waals surface area contributed by atoms with Crippen LogP contribution in [0.5, 0.6) is 0 Å². The lowest BCUT2D eigenvalue weighted by Crippen LogP contribution is -2.16. The van der Waals surface area contributed by atoms with E-state index in [9.17, 15) is 4.79 Å². The van der Waals surface area contributed by atoms with Crippen molar-refractivity contribution in [2.45, 2.75) is 32.1 Å². The summed E-state index contributed by atoms with van der Waals surface area (Å²) in [5, 5.41) is 11.8. The van der Waals surface area contributed by atoms with Gasteiger partial charge >= 0.3 is 5.97 Å². The standard InChI is InChI=1S/C16H23NO3/c18-11-10-17-15-8-6-14(7-9-15)16(19)20-12-13-4-2-1-3-5-13/h6-9,13,17-18H,1-5,10-12H2. The molecule has 0 heterocycles. The number of esters is 1. The van der Waals surface area contributed by atoms with Crippen molar-refractivity contribution in [1.82, 2.24) is 0 Å². The van der Waals surface area contributed by atoms with Crippen LogP contribution < -0.4 is 5.32 Å². The second-order valence-electron chi connectivity index (χ2n) is 5.33. The number of carbonyl (C=O) groups excluding carboxylic acids is 1. The Kier molecular flexibility index (Phi) is 5.87. The number of hydrogen-bond acceptors (Lipinski definition) is 4. The first-order chi connectivity index (χ1) is 9.79. The van der Waals surface area contributed by atoms with Crippen LogP contribution >= 0.6 is 0 Å². The van der Waals surface area contributed by atoms with Crippen molar-refractivity contribution in [1.29, 1.82) is 0 Å². The van der Waals surface area contributed by atoms with Crippen LogP contribution in [0.15, 0.2) is 24.3 Å². The van der Waals surface area contributed by atoms with Gasteiger partial charge in [-0.3, -0.25) is 0 Å². The highest BCUT2D eigenvalue weighted by Crippen LogP contribution is 2.24. The molecule has 0 bridgehead atoms. The molecular formula is C16H23NO3. The van der Waals surface area contributed by atoms with E-state index < -0.39 is 0 Å². The van der Waals surface area contributed by atoms with Crippen LogP contribution in [0.4, 0.5) is 5.69 Å². The Morgan fingerprint density at radius 2 is 1.90 bits per heavy atom. The molecule has 4 nitrogen and oxygen atoms in total. The Hall–Kier alpha value is -1.55. The van der Waals surface area contributed by atoms with E-state index in [1.54, 1.807) is 12.1 Å². The van der Waals surface area contributed by atoms with Crippen LogP contribution in [0.1, 0.15) is 42.5 Å². The van der Waals surface area contributed by atoms with Gasteiger partial charge in [-0.15, -0.1) is 0 Å². The fraction of sp³-hybridized carbons (Fsp3) is 0.562. The molecule has 2 N–H and O–H groups in total. The van der Waals surface area contributed by atoms with Gasteiger partial charge in [-0.25, -0.2) is 4.79 Å². The van der Waals surface area contributed by atoms with Crippen molar-refractivity contribution < 1.29 is 14.6 Å². The predicted molar refractivity (Wildman–Crippen MR) is 78.9 cm³/mol. The number of nitrogens with one attached hydrogen (secondary N) is 1. The van der Waals surface area contributed by atoms with Gasteiger partial charge in [0.1, 0.15) is 0 Å². The lowest BCUT2D eigenvalue weighted by Gasteiger charge is -2.21. The Morgan fingerprint density at radius 1 is 1.20 bits per heavy atom. The summed E-state index contributed by atoms with van der Waals surface area (Å²) < 4.78 is 5.39. The highest BCUT2D eigenvalue weighted by Gasteiger charge is 2.16. The van der Waals surface area contributed by atoms with Gasteiger partial charge in [0.2, 0.25) is 0 Å². The maximum atomic E-state index is 11.9. The molecule has 1 aromatic rings. The monoisotopic (exact) mass is 277 g/mol. The molecule has 1 aromatic carbocycles. The second-order valence-corrected chi connectivity index (χ2v) is 5.33. The molecule has 110 valence electrons. The van der Waals surface area contributed by atoms with Crippen molar-refractivity contribution in [3.63, 3.8) is 0 Å². The molecule has 0 aromatic heterocycles. The predicted octanol–water partition coefficient (Wildman–Crippen LogP) is 2.83. The fourth-order valence-corrected chi connectivity index (χ4v) is 2.56. The van der Waals surface area contributed by atoms with Crippen molar-refractivity contribution in [3.05, 3.63) is 29.8 Å². The Labute approximate surface area is 120 Å². The molecule has 20 heavy (non-hydrogen) atoms. The number of carbonyl (C=O) groups is 1. The third kappa shape index (κ3) is 4.53. The lowest BCUT2D eigenvalue weighted by atomic mass is 9.90. The number of rotatable bonds is 6. The van der Waals surface area contributed by atoms with Gasteiger partial charge in [0.15, 0.2) is 0 Å². The van der Waals surface area contributed by atoms with Gasteiger partial charge in [0.05, 0.1) is 18.8 Å². The minimum absolute atomic E-state index is 0.0885. The average Bonchev–Trinajstić information content (AvgIpc) is 2.52. The third-order valence-electron chi connectivity index (χ3n) is 3.74. The van der Waals surface area contributed by atoms with Gasteiger partial charge in [0, 0.05) is 12.2 Å². The van der Waals surface area contributed by atoms with E-state index in [1.807, 2.05) is 12.1 Å². The molecule has 0 atom stereocenters. The molecule has 1 aliphatic rings. The van der Waals surface area contributed by atoms with Gasteiger partial charge in [-0.05, 0) is 43.0 Å². The first-order valence-electron chi connectivity index (χ1n) is 7.41. The normalized spacial score (nSPS) is 15.8. The fourth-order valence-electron chi connectivity index (χ4n) is 2.56. The van der Waals surface area contributed by atoms with E-state index in [4.69, 9.17) is 9.84 Å². The number of aliphatic hydroxyl groups is 1. The van der Waals surface area contributed by atoms with Crippen LogP contribution in [0.25, 0.3) is 0 Å². The topological polar surface area (TPSA) is 58.6 Å². The Morgan fingerprint density at radius 3 is 2.55 bits per heavy atom. The minimum Gasteiger partial charge on any atom is -0.462 e. The number of ether oxygens (including phenoxy) is 1. The van der Waals surface area contributed by atoms with E-state index in [0.717, 1.165) is 5.69 Å². The molecule has 1 saturated carbocycles. The lowest BCUT2D eigenvalue weighted by molar-refractivity contribution is 0.0410. The summed E-state index contributed by atoms with van der Waals surface area (Å²) in [4.78, 5) is 11.9. The van der Waals surface area contributed by atoms with Crippen LogP contribution in [0.3, 0.4) is 0 Å². The number of anilines is 1. The summed E-state index contributed by atoms with van der Waals surface area (Å²) >= 11 is 0. The SMILES string of the molecule is O=C(OCC1CCCCC1)c1ccc(NCCO)cc1. The summed E-state index contributed by atoms with van der Waals surface area (Å²) in [6.07, 6.45) is 6.18. The summed E-state index contributed by atoms with van der Waals surface area (Å²) in [5.74, 6) is 0.294. The molecule has 0 unspecified atom stereocenters. The first kappa shape index (κ1) is 14.9. The van der Waals surface area contributed by atoms with Gasteiger partial charge < -0.3 is 15.2 Å². The van der Waals surface area contributed by atoms with Crippen molar-refractivity contribution in [2.75, 3.05) is 25.1 Å². The molecule has 0 aliphatic heterocycles. The molecular weight excluding hydrogens is 254 g/mol. The summed E-state index contributed by atoms with van der Waals surface area (Å²) in [6.45, 7) is 1.14. The maximum absolute atomic E-state index is 11.9. The Balaban J connectivity index is 1.79. The largest absolute Gasteiger partial charge is 0.462 e. The molecule has 0 spiro atoms. The number of hydrogen-bond donors (Lipinski definition) is 2. The number of benzene rings is 1. The molecule has 1 aliphatic carbocycles. The second kappa shape index (κ2) is 7.90. The van der Waals surface area contributed by atoms with Crippen LogP contribution in [0.2, 0.25) is 0 Å². The minimum atomic E-state index is -0.246. The summed E-state index contributed by atoms with van der Waals surface area (Å²) in [5.41, 5.74) is 1.47. The molecule has 0 saturated heterocycles. The quantitative estimate of drug-likeness (QED) is 0.785. The molecule has 2 rings (SSSR count). The zero-order valence-corrected chi connectivity index (χ0v) is 11.8. The number of aliphatic hydroxyl groups excluding tert-OH is 1. The summed E-state index contributed by atoms with van der Waals surface area (Å²) in [7, 11) is 0. The molecule has 0 amide bonds. The van der Waals surface area contributed by atoms with E-state index in [2.05, 4.69) is 5.32 Å². The molecule has 4 heteroatoms. The third-order valence-corrected chi connectivity index (χ3v) is 3.74. The summed E-state index contributed by atoms with van der Waals surface area (Å²) in [6, 6.07) is 7.16. The molecule has 0 radical (unpaired) electrons. The van der Waals surface area contributed by atoms with Crippen molar-refractivity contribution in [2.24, 2.45) is 5.92 Å². The van der Waals surface area contributed by atoms with E-state index >= 15 is 0 Å². The maximum Gasteiger partial charge on any atom is 0.338 e.